The first kappa shape index (κ1) is 20.3. The van der Waals surface area contributed by atoms with Gasteiger partial charge in [-0.25, -0.2) is 4.98 Å². The zero-order chi connectivity index (χ0) is 21.0. The molecule has 150 valence electrons. The van der Waals surface area contributed by atoms with Gasteiger partial charge in [0, 0.05) is 22.9 Å². The fraction of sp³-hybridized carbons (Fsp3) is 0.261. The number of amides is 2. The van der Waals surface area contributed by atoms with E-state index in [4.69, 9.17) is 0 Å². The summed E-state index contributed by atoms with van der Waals surface area (Å²) in [6.45, 7) is 7.93. The van der Waals surface area contributed by atoms with Crippen LogP contribution >= 0.6 is 0 Å². The molecular formula is C23H26N4O2. The van der Waals surface area contributed by atoms with Crippen molar-refractivity contribution in [2.75, 3.05) is 10.6 Å². The van der Waals surface area contributed by atoms with Crippen LogP contribution in [0.3, 0.4) is 0 Å². The zero-order valence-electron chi connectivity index (χ0n) is 17.1. The average Bonchev–Trinajstić information content (AvgIpc) is 3.17. The molecule has 1 heterocycles. The van der Waals surface area contributed by atoms with Crippen LogP contribution in [0, 0.1) is 5.92 Å². The molecule has 29 heavy (non-hydrogen) atoms. The Hall–Kier alpha value is -3.41. The third-order valence-corrected chi connectivity index (χ3v) is 4.62. The minimum Gasteiger partial charge on any atom is -0.322 e. The molecule has 0 radical (unpaired) electrons. The number of carbonyl (C=O) groups is 2. The van der Waals surface area contributed by atoms with Crippen LogP contribution < -0.4 is 10.6 Å². The third kappa shape index (κ3) is 5.10. The standard InChI is InChI=1S/C23H26N4O2/c1-15(2)17-5-9-19(10-6-17)25-23(29)18-7-11-20(12-8-18)27-13-21(24-14-27)26-22(28)16(3)4/h5-16H,1-4H3,(H,25,29)(H,26,28). The maximum atomic E-state index is 12.5. The molecule has 1 aromatic heterocycles. The van der Waals surface area contributed by atoms with E-state index in [0.29, 0.717) is 17.3 Å². The van der Waals surface area contributed by atoms with Crippen LogP contribution in [-0.4, -0.2) is 21.4 Å². The lowest BCUT2D eigenvalue weighted by molar-refractivity contribution is -0.118. The first-order valence-corrected chi connectivity index (χ1v) is 9.70. The molecule has 6 heteroatoms. The Balaban J connectivity index is 1.66. The summed E-state index contributed by atoms with van der Waals surface area (Å²) in [5.74, 6) is 0.595. The predicted molar refractivity (Wildman–Crippen MR) is 116 cm³/mol. The van der Waals surface area contributed by atoms with Gasteiger partial charge in [-0.3, -0.25) is 9.59 Å². The van der Waals surface area contributed by atoms with Crippen LogP contribution in [0.5, 0.6) is 0 Å². The largest absolute Gasteiger partial charge is 0.322 e. The van der Waals surface area contributed by atoms with Crippen LogP contribution in [0.4, 0.5) is 11.5 Å². The maximum absolute atomic E-state index is 12.5. The van der Waals surface area contributed by atoms with Crippen molar-refractivity contribution >= 4 is 23.3 Å². The molecule has 0 aliphatic heterocycles. The fourth-order valence-electron chi connectivity index (χ4n) is 2.74. The van der Waals surface area contributed by atoms with Gasteiger partial charge in [0.2, 0.25) is 5.91 Å². The van der Waals surface area contributed by atoms with E-state index in [9.17, 15) is 9.59 Å². The highest BCUT2D eigenvalue weighted by Crippen LogP contribution is 2.18. The number of hydrogen-bond donors (Lipinski definition) is 2. The van der Waals surface area contributed by atoms with Crippen LogP contribution in [0.15, 0.2) is 61.1 Å². The van der Waals surface area contributed by atoms with E-state index in [0.717, 1.165) is 11.4 Å². The van der Waals surface area contributed by atoms with Gasteiger partial charge < -0.3 is 15.2 Å². The quantitative estimate of drug-likeness (QED) is 0.632. The van der Waals surface area contributed by atoms with Crippen molar-refractivity contribution in [3.8, 4) is 5.69 Å². The minimum absolute atomic E-state index is 0.0799. The number of imidazole rings is 1. The van der Waals surface area contributed by atoms with Gasteiger partial charge in [0.05, 0.1) is 6.20 Å². The molecule has 2 amide bonds. The molecule has 0 aliphatic rings. The molecule has 2 N–H and O–H groups in total. The van der Waals surface area contributed by atoms with E-state index in [1.165, 1.54) is 5.56 Å². The summed E-state index contributed by atoms with van der Waals surface area (Å²) in [6, 6.07) is 15.1. The molecule has 0 saturated carbocycles. The SMILES string of the molecule is CC(C)C(=O)Nc1cn(-c2ccc(C(=O)Nc3ccc(C(C)C)cc3)cc2)cn1. The molecule has 6 nitrogen and oxygen atoms in total. The monoisotopic (exact) mass is 390 g/mol. The van der Waals surface area contributed by atoms with E-state index in [1.807, 2.05) is 50.2 Å². The Kier molecular flexibility index (Phi) is 6.12. The number of nitrogens with zero attached hydrogens (tertiary/aromatic N) is 2. The van der Waals surface area contributed by atoms with Crippen LogP contribution in [0.2, 0.25) is 0 Å². The van der Waals surface area contributed by atoms with Crippen molar-refractivity contribution in [3.05, 3.63) is 72.2 Å². The lowest BCUT2D eigenvalue weighted by Gasteiger charge is -2.09. The van der Waals surface area contributed by atoms with Crippen molar-refractivity contribution in [3.63, 3.8) is 0 Å². The van der Waals surface area contributed by atoms with E-state index in [2.05, 4.69) is 29.5 Å². The van der Waals surface area contributed by atoms with Gasteiger partial charge in [-0.1, -0.05) is 39.8 Å². The normalized spacial score (nSPS) is 11.0. The van der Waals surface area contributed by atoms with Gasteiger partial charge in [0.15, 0.2) is 5.82 Å². The number of hydrogen-bond acceptors (Lipinski definition) is 3. The highest BCUT2D eigenvalue weighted by molar-refractivity contribution is 6.04. The molecule has 0 atom stereocenters. The Morgan fingerprint density at radius 3 is 2.14 bits per heavy atom. The molecule has 0 spiro atoms. The summed E-state index contributed by atoms with van der Waals surface area (Å²) in [6.07, 6.45) is 3.37. The summed E-state index contributed by atoms with van der Waals surface area (Å²) in [5, 5.41) is 5.68. The number of rotatable bonds is 6. The van der Waals surface area contributed by atoms with E-state index < -0.39 is 0 Å². The lowest BCUT2D eigenvalue weighted by atomic mass is 10.0. The topological polar surface area (TPSA) is 76.0 Å². The van der Waals surface area contributed by atoms with Gasteiger partial charge in [-0.15, -0.1) is 0 Å². The van der Waals surface area contributed by atoms with Crippen LogP contribution in [0.1, 0.15) is 49.5 Å². The molecule has 0 saturated heterocycles. The molecule has 0 bridgehead atoms. The molecule has 0 aliphatic carbocycles. The molecule has 3 rings (SSSR count). The average molecular weight is 390 g/mol. The summed E-state index contributed by atoms with van der Waals surface area (Å²) >= 11 is 0. The van der Waals surface area contributed by atoms with Crippen LogP contribution in [0.25, 0.3) is 5.69 Å². The van der Waals surface area contributed by atoms with Crippen molar-refractivity contribution in [1.29, 1.82) is 0 Å². The van der Waals surface area contributed by atoms with Gasteiger partial charge in [-0.2, -0.15) is 0 Å². The number of anilines is 2. The first-order valence-electron chi connectivity index (χ1n) is 9.70. The van der Waals surface area contributed by atoms with Gasteiger partial charge in [-0.05, 0) is 47.9 Å². The number of carbonyl (C=O) groups excluding carboxylic acids is 2. The minimum atomic E-state index is -0.163. The van der Waals surface area contributed by atoms with Crippen molar-refractivity contribution in [1.82, 2.24) is 9.55 Å². The molecule has 0 fully saturated rings. The Morgan fingerprint density at radius 2 is 1.55 bits per heavy atom. The maximum Gasteiger partial charge on any atom is 0.255 e. The van der Waals surface area contributed by atoms with E-state index in [1.54, 1.807) is 29.2 Å². The fourth-order valence-corrected chi connectivity index (χ4v) is 2.74. The molecule has 3 aromatic rings. The smallest absolute Gasteiger partial charge is 0.255 e. The Bertz CT molecular complexity index is 986. The summed E-state index contributed by atoms with van der Waals surface area (Å²) in [5.41, 5.74) is 3.41. The van der Waals surface area contributed by atoms with Gasteiger partial charge >= 0.3 is 0 Å². The highest BCUT2D eigenvalue weighted by atomic mass is 16.2. The molecule has 0 unspecified atom stereocenters. The zero-order valence-corrected chi connectivity index (χ0v) is 17.1. The summed E-state index contributed by atoms with van der Waals surface area (Å²) < 4.78 is 1.79. The Labute approximate surface area is 171 Å². The van der Waals surface area contributed by atoms with E-state index in [-0.39, 0.29) is 17.7 Å². The van der Waals surface area contributed by atoms with Crippen molar-refractivity contribution < 1.29 is 9.59 Å². The van der Waals surface area contributed by atoms with Gasteiger partial charge in [0.1, 0.15) is 6.33 Å². The van der Waals surface area contributed by atoms with Crippen LogP contribution in [-0.2, 0) is 4.79 Å². The summed E-state index contributed by atoms with van der Waals surface area (Å²) in [4.78, 5) is 28.5. The number of aromatic nitrogens is 2. The number of benzene rings is 2. The van der Waals surface area contributed by atoms with Crippen molar-refractivity contribution in [2.45, 2.75) is 33.6 Å². The molecule has 2 aromatic carbocycles. The van der Waals surface area contributed by atoms with Crippen molar-refractivity contribution in [2.24, 2.45) is 5.92 Å². The second-order valence-electron chi connectivity index (χ2n) is 7.59. The second kappa shape index (κ2) is 8.73. The number of nitrogens with one attached hydrogen (secondary N) is 2. The first-order chi connectivity index (χ1) is 13.8. The van der Waals surface area contributed by atoms with E-state index >= 15 is 0 Å². The highest BCUT2D eigenvalue weighted by Gasteiger charge is 2.10. The summed E-state index contributed by atoms with van der Waals surface area (Å²) in [7, 11) is 0. The second-order valence-corrected chi connectivity index (χ2v) is 7.59. The predicted octanol–water partition coefficient (Wildman–Crippen LogP) is 4.84. The third-order valence-electron chi connectivity index (χ3n) is 4.62. The lowest BCUT2D eigenvalue weighted by Crippen LogP contribution is -2.17. The Morgan fingerprint density at radius 1 is 0.897 bits per heavy atom. The molecular weight excluding hydrogens is 364 g/mol. The van der Waals surface area contributed by atoms with Gasteiger partial charge in [0.25, 0.3) is 5.91 Å².